The molecule has 21 heavy (non-hydrogen) atoms. The van der Waals surface area contributed by atoms with Crippen LogP contribution in [0, 0.1) is 5.92 Å². The van der Waals surface area contributed by atoms with Gasteiger partial charge in [-0.25, -0.2) is 13.6 Å². The predicted octanol–water partition coefficient (Wildman–Crippen LogP) is 0.390. The topological polar surface area (TPSA) is 83.7 Å². The Hall–Kier alpha value is -0.660. The summed E-state index contributed by atoms with van der Waals surface area (Å²) in [5, 5.41) is 5.05. The summed E-state index contributed by atoms with van der Waals surface area (Å²) in [6.07, 6.45) is 6.50. The lowest BCUT2D eigenvalue weighted by molar-refractivity contribution is -0.127. The molecule has 0 bridgehead atoms. The van der Waals surface area contributed by atoms with E-state index in [1.807, 2.05) is 0 Å². The fourth-order valence-electron chi connectivity index (χ4n) is 3.36. The highest BCUT2D eigenvalue weighted by Crippen LogP contribution is 2.19. The van der Waals surface area contributed by atoms with Gasteiger partial charge in [0.2, 0.25) is 15.9 Å². The number of rotatable bonds is 6. The van der Waals surface area contributed by atoms with Gasteiger partial charge in [0, 0.05) is 25.4 Å². The summed E-state index contributed by atoms with van der Waals surface area (Å²) in [5.41, 5.74) is 0. The molecular formula is C14H27N3O3S. The maximum atomic E-state index is 11.9. The van der Waals surface area contributed by atoms with Gasteiger partial charge in [0.25, 0.3) is 0 Å². The van der Waals surface area contributed by atoms with Crippen LogP contribution in [-0.2, 0) is 14.8 Å². The molecule has 1 unspecified atom stereocenters. The van der Waals surface area contributed by atoms with Crippen molar-refractivity contribution in [3.63, 3.8) is 0 Å². The average molecular weight is 317 g/mol. The van der Waals surface area contributed by atoms with Crippen molar-refractivity contribution >= 4 is 15.9 Å². The molecule has 0 aliphatic carbocycles. The van der Waals surface area contributed by atoms with Crippen LogP contribution in [0.1, 0.15) is 38.5 Å². The van der Waals surface area contributed by atoms with Crippen molar-refractivity contribution in [1.82, 2.24) is 9.80 Å². The molecule has 1 amide bonds. The quantitative estimate of drug-likeness (QED) is 0.768. The Morgan fingerprint density at radius 3 is 2.38 bits per heavy atom. The normalized spacial score (nSPS) is 25.3. The van der Waals surface area contributed by atoms with Gasteiger partial charge in [0.1, 0.15) is 0 Å². The molecule has 0 saturated carbocycles. The third kappa shape index (κ3) is 5.92. The lowest BCUT2D eigenvalue weighted by Crippen LogP contribution is -2.32. The number of hydrogen-bond acceptors (Lipinski definition) is 4. The van der Waals surface area contributed by atoms with Crippen molar-refractivity contribution in [3.8, 4) is 0 Å². The Balaban J connectivity index is 1.69. The molecule has 2 aliphatic rings. The van der Waals surface area contributed by atoms with Gasteiger partial charge >= 0.3 is 0 Å². The van der Waals surface area contributed by atoms with Crippen molar-refractivity contribution in [2.45, 2.75) is 38.5 Å². The molecule has 1 atom stereocenters. The van der Waals surface area contributed by atoms with Crippen LogP contribution in [0.15, 0.2) is 0 Å². The third-order valence-electron chi connectivity index (χ3n) is 4.36. The van der Waals surface area contributed by atoms with E-state index < -0.39 is 10.0 Å². The highest BCUT2D eigenvalue weighted by molar-refractivity contribution is 7.89. The highest BCUT2D eigenvalue weighted by atomic mass is 32.2. The van der Waals surface area contributed by atoms with Crippen molar-refractivity contribution in [3.05, 3.63) is 0 Å². The highest BCUT2D eigenvalue weighted by Gasteiger charge is 2.31. The Morgan fingerprint density at radius 1 is 1.10 bits per heavy atom. The first-order chi connectivity index (χ1) is 9.94. The van der Waals surface area contributed by atoms with E-state index in [0.717, 1.165) is 19.5 Å². The number of hydrogen-bond donors (Lipinski definition) is 1. The Labute approximate surface area is 127 Å². The number of carbonyl (C=O) groups excluding carboxylic acids is 1. The molecule has 0 spiro atoms. The van der Waals surface area contributed by atoms with E-state index in [9.17, 15) is 13.2 Å². The molecule has 2 heterocycles. The molecular weight excluding hydrogens is 290 g/mol. The number of primary sulfonamides is 1. The second-order valence-corrected chi connectivity index (χ2v) is 8.01. The number of sulfonamides is 1. The zero-order valence-electron chi connectivity index (χ0n) is 12.7. The first-order valence-electron chi connectivity index (χ1n) is 7.94. The minimum Gasteiger partial charge on any atom is -0.342 e. The Morgan fingerprint density at radius 2 is 1.76 bits per heavy atom. The number of likely N-dealkylation sites (tertiary alicyclic amines) is 2. The fourth-order valence-corrected chi connectivity index (χ4v) is 4.24. The monoisotopic (exact) mass is 317 g/mol. The maximum Gasteiger partial charge on any atom is 0.222 e. The van der Waals surface area contributed by atoms with Crippen molar-refractivity contribution in [2.24, 2.45) is 11.1 Å². The van der Waals surface area contributed by atoms with Gasteiger partial charge in [-0.15, -0.1) is 0 Å². The summed E-state index contributed by atoms with van der Waals surface area (Å²) in [4.78, 5) is 16.2. The van der Waals surface area contributed by atoms with E-state index in [2.05, 4.69) is 4.90 Å². The Kier molecular flexibility index (Phi) is 6.01. The fraction of sp³-hybridized carbons (Fsp3) is 0.929. The van der Waals surface area contributed by atoms with Gasteiger partial charge in [-0.3, -0.25) is 4.79 Å². The molecule has 2 fully saturated rings. The van der Waals surface area contributed by atoms with E-state index in [4.69, 9.17) is 5.14 Å². The summed E-state index contributed by atoms with van der Waals surface area (Å²) >= 11 is 0. The average Bonchev–Trinajstić information content (AvgIpc) is 2.60. The van der Waals surface area contributed by atoms with Gasteiger partial charge < -0.3 is 9.80 Å². The largest absolute Gasteiger partial charge is 0.342 e. The molecule has 122 valence electrons. The van der Waals surface area contributed by atoms with Gasteiger partial charge in [-0.2, -0.15) is 0 Å². The molecule has 2 rings (SSSR count). The number of amides is 1. The van der Waals surface area contributed by atoms with Crippen molar-refractivity contribution in [1.29, 1.82) is 0 Å². The van der Waals surface area contributed by atoms with Crippen molar-refractivity contribution in [2.75, 3.05) is 38.5 Å². The molecule has 2 N–H and O–H groups in total. The minimum atomic E-state index is -3.48. The van der Waals surface area contributed by atoms with Crippen LogP contribution in [-0.4, -0.2) is 62.6 Å². The lowest BCUT2D eigenvalue weighted by atomic mass is 10.1. The molecule has 6 nitrogen and oxygen atoms in total. The zero-order chi connectivity index (χ0) is 15.3. The van der Waals surface area contributed by atoms with Gasteiger partial charge in [0.15, 0.2) is 0 Å². The molecule has 2 aliphatic heterocycles. The Bertz CT molecular complexity index is 444. The van der Waals surface area contributed by atoms with Gasteiger partial charge in [-0.1, -0.05) is 12.8 Å². The summed E-state index contributed by atoms with van der Waals surface area (Å²) in [7, 11) is -3.48. The van der Waals surface area contributed by atoms with Gasteiger partial charge in [0.05, 0.1) is 5.75 Å². The SMILES string of the molecule is NS(=O)(=O)CC1CC(=O)N(CCCN2CCCCCC2)C1. The standard InChI is InChI=1S/C14H27N3O3S/c15-21(19,20)12-13-10-14(18)17(11-13)9-5-8-16-6-3-1-2-4-7-16/h13H,1-12H2,(H2,15,19,20). The second-order valence-electron chi connectivity index (χ2n) is 6.35. The summed E-state index contributed by atoms with van der Waals surface area (Å²) in [5.74, 6) is -0.147. The number of carbonyl (C=O) groups is 1. The lowest BCUT2D eigenvalue weighted by Gasteiger charge is -2.22. The van der Waals surface area contributed by atoms with E-state index in [0.29, 0.717) is 13.0 Å². The first-order valence-corrected chi connectivity index (χ1v) is 9.66. The van der Waals surface area contributed by atoms with Crippen LogP contribution in [0.3, 0.4) is 0 Å². The number of nitrogens with zero attached hydrogens (tertiary/aromatic N) is 2. The van der Waals surface area contributed by atoms with Gasteiger partial charge in [-0.05, 0) is 38.9 Å². The van der Waals surface area contributed by atoms with Crippen LogP contribution in [0.2, 0.25) is 0 Å². The van der Waals surface area contributed by atoms with Crippen LogP contribution in [0.5, 0.6) is 0 Å². The number of nitrogens with two attached hydrogens (primary N) is 1. The van der Waals surface area contributed by atoms with E-state index in [1.165, 1.54) is 38.8 Å². The molecule has 0 aromatic heterocycles. The van der Waals surface area contributed by atoms with Crippen LogP contribution >= 0.6 is 0 Å². The van der Waals surface area contributed by atoms with E-state index in [1.54, 1.807) is 4.90 Å². The van der Waals surface area contributed by atoms with E-state index >= 15 is 0 Å². The molecule has 0 aromatic carbocycles. The minimum absolute atomic E-state index is 0.0690. The molecule has 2 saturated heterocycles. The second kappa shape index (κ2) is 7.56. The van der Waals surface area contributed by atoms with E-state index in [-0.39, 0.29) is 17.6 Å². The molecule has 0 radical (unpaired) electrons. The molecule has 7 heteroatoms. The maximum absolute atomic E-state index is 11.9. The first kappa shape index (κ1) is 16.7. The smallest absolute Gasteiger partial charge is 0.222 e. The summed E-state index contributed by atoms with van der Waals surface area (Å²) < 4.78 is 22.2. The summed E-state index contributed by atoms with van der Waals surface area (Å²) in [6, 6.07) is 0. The molecule has 0 aromatic rings. The zero-order valence-corrected chi connectivity index (χ0v) is 13.5. The van der Waals surface area contributed by atoms with Crippen LogP contribution < -0.4 is 5.14 Å². The summed E-state index contributed by atoms with van der Waals surface area (Å²) in [6.45, 7) is 4.64. The van der Waals surface area contributed by atoms with Crippen molar-refractivity contribution < 1.29 is 13.2 Å². The predicted molar refractivity (Wildman–Crippen MR) is 82.2 cm³/mol. The van der Waals surface area contributed by atoms with Crippen LogP contribution in [0.4, 0.5) is 0 Å². The van der Waals surface area contributed by atoms with Crippen LogP contribution in [0.25, 0.3) is 0 Å². The third-order valence-corrected chi connectivity index (χ3v) is 5.30.